The Bertz CT molecular complexity index is 784. The van der Waals surface area contributed by atoms with E-state index in [0.717, 1.165) is 18.4 Å². The SMILES string of the molecule is CCCCC1CCc2cc([C@H]3CC[C@](N)(CO)C3)ccc2C1(O)OC(=O)C(F)(F)F. The highest BCUT2D eigenvalue weighted by atomic mass is 19.4. The first kappa shape index (κ1) is 23.0. The van der Waals surface area contributed by atoms with Crippen molar-refractivity contribution in [1.29, 1.82) is 0 Å². The lowest BCUT2D eigenvalue weighted by atomic mass is 9.75. The number of hydrogen-bond acceptors (Lipinski definition) is 5. The highest BCUT2D eigenvalue weighted by molar-refractivity contribution is 5.76. The maximum atomic E-state index is 12.9. The molecule has 0 saturated heterocycles. The Balaban J connectivity index is 1.92. The number of benzene rings is 1. The Labute approximate surface area is 174 Å². The molecule has 0 aromatic heterocycles. The topological polar surface area (TPSA) is 92.8 Å². The van der Waals surface area contributed by atoms with Gasteiger partial charge >= 0.3 is 12.1 Å². The molecule has 1 aromatic carbocycles. The molecule has 0 spiro atoms. The molecule has 30 heavy (non-hydrogen) atoms. The lowest BCUT2D eigenvalue weighted by Gasteiger charge is -2.41. The van der Waals surface area contributed by atoms with Crippen molar-refractivity contribution in [2.75, 3.05) is 6.61 Å². The van der Waals surface area contributed by atoms with Gasteiger partial charge in [0.1, 0.15) is 0 Å². The van der Waals surface area contributed by atoms with Gasteiger partial charge in [-0.15, -0.1) is 0 Å². The van der Waals surface area contributed by atoms with Gasteiger partial charge in [-0.25, -0.2) is 4.79 Å². The molecule has 0 amide bonds. The van der Waals surface area contributed by atoms with Crippen molar-refractivity contribution in [3.8, 4) is 0 Å². The predicted molar refractivity (Wildman–Crippen MR) is 104 cm³/mol. The second-order valence-electron chi connectivity index (χ2n) is 8.84. The van der Waals surface area contributed by atoms with Crippen LogP contribution in [0.4, 0.5) is 13.2 Å². The number of carbonyl (C=O) groups excluding carboxylic acids is 1. The molecule has 0 bridgehead atoms. The molecule has 1 fully saturated rings. The molecule has 0 radical (unpaired) electrons. The number of esters is 1. The third-order valence-corrected chi connectivity index (χ3v) is 6.65. The molecule has 1 saturated carbocycles. The van der Waals surface area contributed by atoms with E-state index < -0.39 is 29.4 Å². The molecule has 0 aliphatic heterocycles. The van der Waals surface area contributed by atoms with Crippen molar-refractivity contribution in [3.63, 3.8) is 0 Å². The summed E-state index contributed by atoms with van der Waals surface area (Å²) in [6.07, 6.45) is -0.0429. The van der Waals surface area contributed by atoms with Crippen LogP contribution in [-0.4, -0.2) is 34.5 Å². The highest BCUT2D eigenvalue weighted by Crippen LogP contribution is 2.46. The number of rotatable bonds is 6. The third-order valence-electron chi connectivity index (χ3n) is 6.65. The first-order valence-electron chi connectivity index (χ1n) is 10.6. The van der Waals surface area contributed by atoms with E-state index in [9.17, 15) is 28.2 Å². The Hall–Kier alpha value is -1.64. The summed E-state index contributed by atoms with van der Waals surface area (Å²) in [4.78, 5) is 11.6. The molecule has 3 rings (SSSR count). The molecule has 2 aliphatic rings. The van der Waals surface area contributed by atoms with E-state index in [-0.39, 0.29) is 18.1 Å². The Morgan fingerprint density at radius 1 is 1.33 bits per heavy atom. The molecule has 4 atom stereocenters. The highest BCUT2D eigenvalue weighted by Gasteiger charge is 2.52. The maximum Gasteiger partial charge on any atom is 0.491 e. The summed E-state index contributed by atoms with van der Waals surface area (Å²) in [6.45, 7) is 1.86. The van der Waals surface area contributed by atoms with E-state index >= 15 is 0 Å². The van der Waals surface area contributed by atoms with Crippen molar-refractivity contribution >= 4 is 5.97 Å². The number of alkyl halides is 3. The molecule has 8 heteroatoms. The number of ether oxygens (including phenoxy) is 1. The van der Waals surface area contributed by atoms with Crippen molar-refractivity contribution < 1.29 is 32.9 Å². The second-order valence-corrected chi connectivity index (χ2v) is 8.84. The number of aliphatic hydroxyl groups excluding tert-OH is 1. The zero-order valence-electron chi connectivity index (χ0n) is 17.2. The van der Waals surface area contributed by atoms with E-state index in [4.69, 9.17) is 10.5 Å². The number of fused-ring (bicyclic) bond motifs is 1. The Morgan fingerprint density at radius 2 is 2.07 bits per heavy atom. The van der Waals surface area contributed by atoms with Gasteiger partial charge in [-0.2, -0.15) is 13.2 Å². The molecule has 168 valence electrons. The lowest BCUT2D eigenvalue weighted by Crippen LogP contribution is -2.46. The van der Waals surface area contributed by atoms with Gasteiger partial charge in [0.05, 0.1) is 6.61 Å². The number of carbonyl (C=O) groups is 1. The first-order valence-corrected chi connectivity index (χ1v) is 10.6. The Kier molecular flexibility index (Phi) is 6.51. The predicted octanol–water partition coefficient (Wildman–Crippen LogP) is 3.65. The van der Waals surface area contributed by atoms with E-state index in [1.807, 2.05) is 13.0 Å². The van der Waals surface area contributed by atoms with Gasteiger partial charge in [0, 0.05) is 17.0 Å². The number of aliphatic hydroxyl groups is 2. The van der Waals surface area contributed by atoms with Gasteiger partial charge in [0.25, 0.3) is 0 Å². The number of nitrogens with two attached hydrogens (primary N) is 1. The number of aryl methyl sites for hydroxylation is 1. The summed E-state index contributed by atoms with van der Waals surface area (Å²) in [5, 5.41) is 20.7. The number of halogens is 3. The smallest absolute Gasteiger partial charge is 0.422 e. The van der Waals surface area contributed by atoms with Crippen LogP contribution >= 0.6 is 0 Å². The molecular formula is C22H30F3NO4. The van der Waals surface area contributed by atoms with E-state index in [2.05, 4.69) is 0 Å². The van der Waals surface area contributed by atoms with Gasteiger partial charge in [-0.1, -0.05) is 38.0 Å². The van der Waals surface area contributed by atoms with E-state index in [1.165, 1.54) is 0 Å². The van der Waals surface area contributed by atoms with Crippen LogP contribution in [0, 0.1) is 5.92 Å². The van der Waals surface area contributed by atoms with Crippen LogP contribution in [0.2, 0.25) is 0 Å². The van der Waals surface area contributed by atoms with Crippen LogP contribution in [-0.2, 0) is 21.7 Å². The van der Waals surface area contributed by atoms with Crippen LogP contribution in [0.5, 0.6) is 0 Å². The summed E-state index contributed by atoms with van der Waals surface area (Å²) in [6, 6.07) is 5.23. The summed E-state index contributed by atoms with van der Waals surface area (Å²) >= 11 is 0. The maximum absolute atomic E-state index is 12.9. The largest absolute Gasteiger partial charge is 0.491 e. The minimum Gasteiger partial charge on any atom is -0.422 e. The van der Waals surface area contributed by atoms with Crippen LogP contribution in [0.15, 0.2) is 18.2 Å². The summed E-state index contributed by atoms with van der Waals surface area (Å²) < 4.78 is 43.4. The van der Waals surface area contributed by atoms with Crippen molar-refractivity contribution in [2.45, 2.75) is 81.7 Å². The van der Waals surface area contributed by atoms with Crippen LogP contribution < -0.4 is 5.73 Å². The fraction of sp³-hybridized carbons (Fsp3) is 0.682. The van der Waals surface area contributed by atoms with Crippen molar-refractivity contribution in [3.05, 3.63) is 34.9 Å². The quantitative estimate of drug-likeness (QED) is 0.474. The fourth-order valence-corrected chi connectivity index (χ4v) is 4.88. The van der Waals surface area contributed by atoms with Crippen LogP contribution in [0.25, 0.3) is 0 Å². The third kappa shape index (κ3) is 4.50. The van der Waals surface area contributed by atoms with Gasteiger partial charge in [0.15, 0.2) is 0 Å². The Morgan fingerprint density at radius 3 is 2.67 bits per heavy atom. The minimum absolute atomic E-state index is 0.0965. The number of unbranched alkanes of at least 4 members (excludes halogenated alkanes) is 1. The summed E-state index contributed by atoms with van der Waals surface area (Å²) in [5.41, 5.74) is 7.46. The van der Waals surface area contributed by atoms with Gasteiger partial charge in [0.2, 0.25) is 5.79 Å². The zero-order chi connectivity index (χ0) is 22.2. The monoisotopic (exact) mass is 429 g/mol. The molecule has 2 aliphatic carbocycles. The molecule has 2 unspecified atom stereocenters. The lowest BCUT2D eigenvalue weighted by molar-refractivity contribution is -0.273. The van der Waals surface area contributed by atoms with E-state index in [0.29, 0.717) is 44.1 Å². The first-order chi connectivity index (χ1) is 14.0. The molecule has 1 aromatic rings. The fourth-order valence-electron chi connectivity index (χ4n) is 4.88. The van der Waals surface area contributed by atoms with Gasteiger partial charge < -0.3 is 20.7 Å². The molecule has 0 heterocycles. The zero-order valence-corrected chi connectivity index (χ0v) is 17.2. The molecule has 4 N–H and O–H groups in total. The van der Waals surface area contributed by atoms with Crippen LogP contribution in [0.1, 0.15) is 74.5 Å². The van der Waals surface area contributed by atoms with E-state index in [1.54, 1.807) is 12.1 Å². The van der Waals surface area contributed by atoms with Crippen molar-refractivity contribution in [2.24, 2.45) is 11.7 Å². The summed E-state index contributed by atoms with van der Waals surface area (Å²) in [7, 11) is 0. The number of hydrogen-bond donors (Lipinski definition) is 3. The standard InChI is InChI=1S/C22H30F3NO4/c1-2-3-4-17-7-5-15-11-14(16-9-10-20(26,12-16)13-27)6-8-18(15)21(17,29)30-19(28)22(23,24)25/h6,8,11,16-17,27,29H,2-5,7,9-10,12-13,26H2,1H3/t16-,17?,20+,21?/m0/s1. The average molecular weight is 429 g/mol. The minimum atomic E-state index is -5.18. The van der Waals surface area contributed by atoms with Crippen molar-refractivity contribution in [1.82, 2.24) is 0 Å². The second kappa shape index (κ2) is 8.48. The molecular weight excluding hydrogens is 399 g/mol. The van der Waals surface area contributed by atoms with Gasteiger partial charge in [-0.3, -0.25) is 0 Å². The van der Waals surface area contributed by atoms with Gasteiger partial charge in [-0.05, 0) is 55.6 Å². The normalized spacial score (nSPS) is 31.4. The van der Waals surface area contributed by atoms with Crippen LogP contribution in [0.3, 0.4) is 0 Å². The summed E-state index contributed by atoms with van der Waals surface area (Å²) in [5.74, 6) is -5.14. The molecule has 5 nitrogen and oxygen atoms in total. The average Bonchev–Trinajstić information content (AvgIpc) is 3.09.